The van der Waals surface area contributed by atoms with E-state index in [0.29, 0.717) is 5.75 Å². The molecule has 30 heavy (non-hydrogen) atoms. The van der Waals surface area contributed by atoms with E-state index < -0.39 is 0 Å². The average Bonchev–Trinajstić information content (AvgIpc) is 3.31. The zero-order valence-electron chi connectivity index (χ0n) is 17.4. The summed E-state index contributed by atoms with van der Waals surface area (Å²) in [5.74, 6) is 0.849. The Morgan fingerprint density at radius 3 is 2.50 bits per heavy atom. The van der Waals surface area contributed by atoms with Crippen LogP contribution in [0, 0.1) is 13.8 Å². The van der Waals surface area contributed by atoms with E-state index in [-0.39, 0.29) is 24.5 Å². The van der Waals surface area contributed by atoms with Gasteiger partial charge in [0.1, 0.15) is 5.75 Å². The Morgan fingerprint density at radius 1 is 1.07 bits per heavy atom. The van der Waals surface area contributed by atoms with Crippen molar-refractivity contribution in [3.8, 4) is 5.75 Å². The average molecular weight is 402 g/mol. The number of ether oxygens (including phenoxy) is 1. The van der Waals surface area contributed by atoms with Crippen molar-refractivity contribution in [2.45, 2.75) is 38.8 Å². The topological polar surface area (TPSA) is 56.2 Å². The quantitative estimate of drug-likeness (QED) is 0.605. The highest BCUT2D eigenvalue weighted by molar-refractivity contribution is 5.78. The first kappa shape index (κ1) is 20.0. The van der Waals surface area contributed by atoms with Gasteiger partial charge in [-0.25, -0.2) is 0 Å². The van der Waals surface area contributed by atoms with Crippen molar-refractivity contribution in [3.05, 3.63) is 95.3 Å². The molecule has 1 aliphatic rings. The van der Waals surface area contributed by atoms with Crippen LogP contribution in [0.1, 0.15) is 34.9 Å². The molecule has 5 nitrogen and oxygen atoms in total. The van der Waals surface area contributed by atoms with Gasteiger partial charge in [-0.1, -0.05) is 60.7 Å². The van der Waals surface area contributed by atoms with Crippen molar-refractivity contribution in [3.63, 3.8) is 0 Å². The number of nitrogens with one attached hydrogen (secondary N) is 1. The lowest BCUT2D eigenvalue weighted by Gasteiger charge is -2.15. The highest BCUT2D eigenvalue weighted by Crippen LogP contribution is 2.33. The molecule has 0 bridgehead atoms. The molecule has 1 heterocycles. The Labute approximate surface area is 177 Å². The molecule has 0 saturated heterocycles. The fourth-order valence-corrected chi connectivity index (χ4v) is 4.09. The van der Waals surface area contributed by atoms with E-state index in [1.165, 1.54) is 16.8 Å². The lowest BCUT2D eigenvalue weighted by molar-refractivity contribution is -0.123. The van der Waals surface area contributed by atoms with Crippen LogP contribution in [0.3, 0.4) is 0 Å². The van der Waals surface area contributed by atoms with Crippen molar-refractivity contribution < 1.29 is 9.53 Å². The first-order chi connectivity index (χ1) is 14.6. The molecule has 0 fully saturated rings. The summed E-state index contributed by atoms with van der Waals surface area (Å²) in [7, 11) is 0. The van der Waals surface area contributed by atoms with Crippen LogP contribution in [0.5, 0.6) is 5.75 Å². The maximum absolute atomic E-state index is 12.3. The summed E-state index contributed by atoms with van der Waals surface area (Å²) in [6, 6.07) is 19.8. The molecule has 1 aromatic heterocycles. The highest BCUT2D eigenvalue weighted by atomic mass is 16.5. The highest BCUT2D eigenvalue weighted by Gasteiger charge is 2.26. The van der Waals surface area contributed by atoms with E-state index in [2.05, 4.69) is 60.3 Å². The van der Waals surface area contributed by atoms with Crippen LogP contribution in [0.4, 0.5) is 0 Å². The second-order valence-corrected chi connectivity index (χ2v) is 7.73. The van der Waals surface area contributed by atoms with Crippen LogP contribution in [0.25, 0.3) is 0 Å². The molecule has 5 heteroatoms. The molecule has 1 N–H and O–H groups in total. The van der Waals surface area contributed by atoms with Crippen LogP contribution in [0.15, 0.2) is 72.8 Å². The SMILES string of the molecule is Cc1nn(Cc2ccccc2)c(C)c1[C@H]1C=C[C@@H](NC(=O)COc2ccccc2)C1. The number of nitrogens with zero attached hydrogens (tertiary/aromatic N) is 2. The standard InChI is InChI=1S/C25H27N3O2/c1-18-25(19(2)28(27-18)16-20-9-5-3-6-10-20)21-13-14-22(15-21)26-24(29)17-30-23-11-7-4-8-12-23/h3-14,21-22H,15-17H2,1-2H3,(H,26,29)/t21-,22+/m0/s1. The van der Waals surface area contributed by atoms with Gasteiger partial charge in [0.15, 0.2) is 6.61 Å². The number of para-hydroxylation sites is 1. The first-order valence-corrected chi connectivity index (χ1v) is 10.3. The minimum Gasteiger partial charge on any atom is -0.484 e. The van der Waals surface area contributed by atoms with Crippen LogP contribution in [0.2, 0.25) is 0 Å². The van der Waals surface area contributed by atoms with Gasteiger partial charge in [0.05, 0.1) is 12.2 Å². The maximum atomic E-state index is 12.3. The molecule has 0 unspecified atom stereocenters. The van der Waals surface area contributed by atoms with Crippen LogP contribution >= 0.6 is 0 Å². The summed E-state index contributed by atoms with van der Waals surface area (Å²) in [5.41, 5.74) is 4.74. The first-order valence-electron chi connectivity index (χ1n) is 10.3. The number of aromatic nitrogens is 2. The van der Waals surface area contributed by atoms with Gasteiger partial charge in [0, 0.05) is 23.2 Å². The fourth-order valence-electron chi connectivity index (χ4n) is 4.09. The summed E-state index contributed by atoms with van der Waals surface area (Å²) in [4.78, 5) is 12.3. The van der Waals surface area contributed by atoms with Crippen molar-refractivity contribution >= 4 is 5.91 Å². The monoisotopic (exact) mass is 401 g/mol. The van der Waals surface area contributed by atoms with Gasteiger partial charge in [-0.05, 0) is 38.0 Å². The Hall–Kier alpha value is -3.34. The summed E-state index contributed by atoms with van der Waals surface area (Å²) in [6.07, 6.45) is 5.11. The van der Waals surface area contributed by atoms with Crippen molar-refractivity contribution in [1.82, 2.24) is 15.1 Å². The van der Waals surface area contributed by atoms with E-state index in [0.717, 1.165) is 18.7 Å². The third-order valence-corrected chi connectivity index (χ3v) is 5.53. The van der Waals surface area contributed by atoms with E-state index in [9.17, 15) is 4.79 Å². The predicted octanol–water partition coefficient (Wildman–Crippen LogP) is 4.16. The van der Waals surface area contributed by atoms with Gasteiger partial charge < -0.3 is 10.1 Å². The normalized spacial score (nSPS) is 17.8. The molecule has 0 saturated carbocycles. The Bertz CT molecular complexity index is 1030. The number of hydrogen-bond donors (Lipinski definition) is 1. The molecule has 2 aromatic carbocycles. The third kappa shape index (κ3) is 4.62. The summed E-state index contributed by atoms with van der Waals surface area (Å²) < 4.78 is 7.62. The van der Waals surface area contributed by atoms with Gasteiger partial charge in [-0.15, -0.1) is 0 Å². The molecular weight excluding hydrogens is 374 g/mol. The number of aryl methyl sites for hydroxylation is 1. The fraction of sp³-hybridized carbons (Fsp3) is 0.280. The number of amides is 1. The molecule has 4 rings (SSSR count). The lowest BCUT2D eigenvalue weighted by Crippen LogP contribution is -2.36. The van der Waals surface area contributed by atoms with E-state index >= 15 is 0 Å². The second kappa shape index (κ2) is 8.99. The smallest absolute Gasteiger partial charge is 0.258 e. The number of carbonyl (C=O) groups is 1. The number of benzene rings is 2. The number of allylic oxidation sites excluding steroid dienone is 1. The number of carbonyl (C=O) groups excluding carboxylic acids is 1. The summed E-state index contributed by atoms with van der Waals surface area (Å²) in [5, 5.41) is 7.83. The Morgan fingerprint density at radius 2 is 1.77 bits per heavy atom. The molecule has 0 aliphatic heterocycles. The Balaban J connectivity index is 1.35. The van der Waals surface area contributed by atoms with Crippen molar-refractivity contribution in [2.24, 2.45) is 0 Å². The molecular formula is C25H27N3O2. The van der Waals surface area contributed by atoms with Crippen LogP contribution in [-0.4, -0.2) is 28.3 Å². The molecule has 0 radical (unpaired) electrons. The number of rotatable bonds is 7. The zero-order chi connectivity index (χ0) is 20.9. The minimum atomic E-state index is -0.109. The van der Waals surface area contributed by atoms with Crippen molar-refractivity contribution in [2.75, 3.05) is 6.61 Å². The maximum Gasteiger partial charge on any atom is 0.258 e. The molecule has 1 aliphatic carbocycles. The van der Waals surface area contributed by atoms with Gasteiger partial charge in [-0.2, -0.15) is 5.10 Å². The summed E-state index contributed by atoms with van der Waals surface area (Å²) in [6.45, 7) is 4.98. The zero-order valence-corrected chi connectivity index (χ0v) is 17.4. The minimum absolute atomic E-state index is 0.0122. The van der Waals surface area contributed by atoms with Gasteiger partial charge >= 0.3 is 0 Å². The lowest BCUT2D eigenvalue weighted by atomic mass is 9.96. The van der Waals surface area contributed by atoms with E-state index in [4.69, 9.17) is 9.84 Å². The molecule has 3 aromatic rings. The van der Waals surface area contributed by atoms with Crippen LogP contribution in [-0.2, 0) is 11.3 Å². The van der Waals surface area contributed by atoms with Gasteiger partial charge in [0.25, 0.3) is 5.91 Å². The summed E-state index contributed by atoms with van der Waals surface area (Å²) >= 11 is 0. The third-order valence-electron chi connectivity index (χ3n) is 5.53. The van der Waals surface area contributed by atoms with Crippen molar-refractivity contribution in [1.29, 1.82) is 0 Å². The van der Waals surface area contributed by atoms with Crippen LogP contribution < -0.4 is 10.1 Å². The molecule has 154 valence electrons. The molecule has 0 spiro atoms. The second-order valence-electron chi connectivity index (χ2n) is 7.73. The Kier molecular flexibility index (Phi) is 5.98. The molecule has 2 atom stereocenters. The number of hydrogen-bond acceptors (Lipinski definition) is 3. The van der Waals surface area contributed by atoms with Gasteiger partial charge in [0.2, 0.25) is 0 Å². The van der Waals surface area contributed by atoms with E-state index in [1.807, 2.05) is 36.4 Å². The van der Waals surface area contributed by atoms with Gasteiger partial charge in [-0.3, -0.25) is 9.48 Å². The molecule has 1 amide bonds. The largest absolute Gasteiger partial charge is 0.484 e. The predicted molar refractivity (Wildman–Crippen MR) is 118 cm³/mol. The van der Waals surface area contributed by atoms with E-state index in [1.54, 1.807) is 0 Å².